The van der Waals surface area contributed by atoms with Crippen LogP contribution < -0.4 is 5.73 Å². The highest BCUT2D eigenvalue weighted by Gasteiger charge is 2.15. The number of nitrogens with two attached hydrogens (primary N) is 1. The molecule has 1 heterocycles. The molecule has 0 saturated carbocycles. The smallest absolute Gasteiger partial charge is 0.261 e. The fourth-order valence-corrected chi connectivity index (χ4v) is 1.49. The van der Waals surface area contributed by atoms with E-state index in [0.717, 1.165) is 24.6 Å². The van der Waals surface area contributed by atoms with Crippen molar-refractivity contribution in [3.05, 3.63) is 35.7 Å². The minimum atomic E-state index is -0.605. The summed E-state index contributed by atoms with van der Waals surface area (Å²) in [5.74, 6) is -0.809. The molecule has 0 aliphatic rings. The van der Waals surface area contributed by atoms with Crippen molar-refractivity contribution in [3.63, 3.8) is 0 Å². The number of hydrogen-bond donors (Lipinski definition) is 1. The molecule has 4 nitrogen and oxygen atoms in total. The largest absolute Gasteiger partial charge is 0.334 e. The van der Waals surface area contributed by atoms with Crippen molar-refractivity contribution < 1.29 is 13.3 Å². The molecule has 1 unspecified atom stereocenters. The minimum absolute atomic E-state index is 0.0368. The van der Waals surface area contributed by atoms with Crippen LogP contribution in [0.4, 0.5) is 8.78 Å². The van der Waals surface area contributed by atoms with Crippen LogP contribution in [0.15, 0.2) is 22.7 Å². The molecule has 0 bridgehead atoms. The van der Waals surface area contributed by atoms with E-state index >= 15 is 0 Å². The van der Waals surface area contributed by atoms with Gasteiger partial charge in [0.15, 0.2) is 5.82 Å². The predicted octanol–water partition coefficient (Wildman–Crippen LogP) is 2.29. The lowest BCUT2D eigenvalue weighted by molar-refractivity contribution is 0.416. The van der Waals surface area contributed by atoms with E-state index in [1.165, 1.54) is 0 Å². The van der Waals surface area contributed by atoms with Crippen LogP contribution in [0.2, 0.25) is 0 Å². The van der Waals surface area contributed by atoms with Gasteiger partial charge in [0.2, 0.25) is 0 Å². The van der Waals surface area contributed by atoms with Crippen molar-refractivity contribution in [1.29, 1.82) is 0 Å². The van der Waals surface area contributed by atoms with Gasteiger partial charge >= 0.3 is 0 Å². The Morgan fingerprint density at radius 2 is 2.17 bits per heavy atom. The van der Waals surface area contributed by atoms with Crippen molar-refractivity contribution in [2.24, 2.45) is 5.73 Å². The van der Waals surface area contributed by atoms with Crippen molar-refractivity contribution in [2.75, 3.05) is 0 Å². The lowest BCUT2D eigenvalue weighted by atomic mass is 10.1. The molecule has 0 aliphatic carbocycles. The number of benzene rings is 1. The van der Waals surface area contributed by atoms with Gasteiger partial charge in [0.1, 0.15) is 11.6 Å². The second kappa shape index (κ2) is 5.22. The number of rotatable bonds is 4. The molecular weight excluding hydrogens is 240 g/mol. The van der Waals surface area contributed by atoms with Crippen LogP contribution in [0.1, 0.15) is 19.2 Å². The summed E-state index contributed by atoms with van der Waals surface area (Å²) in [5.41, 5.74) is 5.71. The van der Waals surface area contributed by atoms with Gasteiger partial charge in [0, 0.05) is 12.5 Å². The fourth-order valence-electron chi connectivity index (χ4n) is 1.49. The minimum Gasteiger partial charge on any atom is -0.334 e. The first-order valence-electron chi connectivity index (χ1n) is 5.63. The summed E-state index contributed by atoms with van der Waals surface area (Å²) in [5, 5.41) is 3.70. The van der Waals surface area contributed by atoms with Crippen LogP contribution >= 0.6 is 0 Å². The van der Waals surface area contributed by atoms with Gasteiger partial charge in [0.05, 0.1) is 5.56 Å². The quantitative estimate of drug-likeness (QED) is 0.907. The van der Waals surface area contributed by atoms with E-state index in [1.54, 1.807) is 0 Å². The number of halogens is 2. The van der Waals surface area contributed by atoms with E-state index in [9.17, 15) is 8.78 Å². The third-order valence-electron chi connectivity index (χ3n) is 2.60. The third-order valence-corrected chi connectivity index (χ3v) is 2.60. The SMILES string of the molecule is CCC(N)Cc1noc(-c2cc(F)ccc2F)n1. The van der Waals surface area contributed by atoms with Crippen LogP contribution in [0.5, 0.6) is 0 Å². The van der Waals surface area contributed by atoms with Crippen molar-refractivity contribution >= 4 is 0 Å². The van der Waals surface area contributed by atoms with Gasteiger partial charge in [0.25, 0.3) is 5.89 Å². The summed E-state index contributed by atoms with van der Waals surface area (Å²) in [4.78, 5) is 4.01. The molecule has 0 saturated heterocycles. The van der Waals surface area contributed by atoms with Crippen LogP contribution in [-0.4, -0.2) is 16.2 Å². The molecule has 0 spiro atoms. The van der Waals surface area contributed by atoms with Crippen molar-refractivity contribution in [1.82, 2.24) is 10.1 Å². The summed E-state index contributed by atoms with van der Waals surface area (Å²) in [6.45, 7) is 1.94. The Bertz CT molecular complexity index is 542. The van der Waals surface area contributed by atoms with E-state index in [-0.39, 0.29) is 17.5 Å². The molecule has 6 heteroatoms. The maximum atomic E-state index is 13.5. The van der Waals surface area contributed by atoms with Gasteiger partial charge in [-0.2, -0.15) is 4.98 Å². The summed E-state index contributed by atoms with van der Waals surface area (Å²) in [6, 6.07) is 3.00. The molecule has 0 aliphatic heterocycles. The normalized spacial score (nSPS) is 12.7. The Morgan fingerprint density at radius 3 is 2.89 bits per heavy atom. The van der Waals surface area contributed by atoms with E-state index in [1.807, 2.05) is 6.92 Å². The van der Waals surface area contributed by atoms with E-state index in [0.29, 0.717) is 12.2 Å². The highest BCUT2D eigenvalue weighted by molar-refractivity contribution is 5.53. The zero-order chi connectivity index (χ0) is 13.1. The average molecular weight is 253 g/mol. The Kier molecular flexibility index (Phi) is 3.66. The molecule has 2 rings (SSSR count). The molecule has 1 atom stereocenters. The summed E-state index contributed by atoms with van der Waals surface area (Å²) >= 11 is 0. The maximum Gasteiger partial charge on any atom is 0.261 e. The summed E-state index contributed by atoms with van der Waals surface area (Å²) < 4.78 is 31.4. The molecule has 0 amide bonds. The third kappa shape index (κ3) is 2.70. The van der Waals surface area contributed by atoms with E-state index < -0.39 is 11.6 Å². The fraction of sp³-hybridized carbons (Fsp3) is 0.333. The summed E-state index contributed by atoms with van der Waals surface area (Å²) in [6.07, 6.45) is 1.22. The molecule has 2 N–H and O–H groups in total. The average Bonchev–Trinajstić information content (AvgIpc) is 2.80. The van der Waals surface area contributed by atoms with Crippen molar-refractivity contribution in [2.45, 2.75) is 25.8 Å². The molecule has 18 heavy (non-hydrogen) atoms. The molecule has 96 valence electrons. The van der Waals surface area contributed by atoms with Crippen molar-refractivity contribution in [3.8, 4) is 11.5 Å². The molecule has 0 radical (unpaired) electrons. The first-order chi connectivity index (χ1) is 8.60. The van der Waals surface area contributed by atoms with Gasteiger partial charge in [-0.25, -0.2) is 8.78 Å². The zero-order valence-electron chi connectivity index (χ0n) is 9.86. The molecule has 1 aromatic carbocycles. The topological polar surface area (TPSA) is 64.9 Å². The molecular formula is C12H13F2N3O. The van der Waals surface area contributed by atoms with Crippen LogP contribution in [0.3, 0.4) is 0 Å². The van der Waals surface area contributed by atoms with Gasteiger partial charge in [-0.3, -0.25) is 0 Å². The van der Waals surface area contributed by atoms with E-state index in [2.05, 4.69) is 10.1 Å². The number of aromatic nitrogens is 2. The first kappa shape index (κ1) is 12.6. The second-order valence-corrected chi connectivity index (χ2v) is 4.01. The zero-order valence-corrected chi connectivity index (χ0v) is 9.86. The number of hydrogen-bond acceptors (Lipinski definition) is 4. The lowest BCUT2D eigenvalue weighted by Gasteiger charge is -2.02. The first-order valence-corrected chi connectivity index (χ1v) is 5.63. The molecule has 0 fully saturated rings. The standard InChI is InChI=1S/C12H13F2N3O/c1-2-8(15)6-11-16-12(18-17-11)9-5-7(13)3-4-10(9)14/h3-5,8H,2,6,15H2,1H3. The maximum absolute atomic E-state index is 13.5. The molecule has 2 aromatic rings. The van der Waals surface area contributed by atoms with Crippen LogP contribution in [0.25, 0.3) is 11.5 Å². The van der Waals surface area contributed by atoms with Crippen LogP contribution in [-0.2, 0) is 6.42 Å². The van der Waals surface area contributed by atoms with Crippen LogP contribution in [0, 0.1) is 11.6 Å². The Hall–Kier alpha value is -1.82. The highest BCUT2D eigenvalue weighted by Crippen LogP contribution is 2.22. The van der Waals surface area contributed by atoms with Gasteiger partial charge in [-0.1, -0.05) is 12.1 Å². The Balaban J connectivity index is 2.26. The predicted molar refractivity (Wildman–Crippen MR) is 61.6 cm³/mol. The molecule has 1 aromatic heterocycles. The second-order valence-electron chi connectivity index (χ2n) is 4.01. The number of nitrogens with zero attached hydrogens (tertiary/aromatic N) is 2. The van der Waals surface area contributed by atoms with Gasteiger partial charge in [-0.15, -0.1) is 0 Å². The van der Waals surface area contributed by atoms with Gasteiger partial charge < -0.3 is 10.3 Å². The highest BCUT2D eigenvalue weighted by atomic mass is 19.1. The Morgan fingerprint density at radius 1 is 1.39 bits per heavy atom. The lowest BCUT2D eigenvalue weighted by Crippen LogP contribution is -2.21. The van der Waals surface area contributed by atoms with E-state index in [4.69, 9.17) is 10.3 Å². The monoisotopic (exact) mass is 253 g/mol. The Labute approximate surface area is 103 Å². The summed E-state index contributed by atoms with van der Waals surface area (Å²) in [7, 11) is 0. The van der Waals surface area contributed by atoms with Gasteiger partial charge in [-0.05, 0) is 24.6 Å².